The maximum Gasteiger partial charge on any atom is 0.276 e. The zero-order valence-electron chi connectivity index (χ0n) is 8.79. The molecule has 1 unspecified atom stereocenters. The molecular weight excluding hydrogens is 194 g/mol. The molecule has 0 saturated heterocycles. The van der Waals surface area contributed by atoms with Crippen LogP contribution in [0.1, 0.15) is 19.8 Å². The molecule has 0 aliphatic heterocycles. The van der Waals surface area contributed by atoms with E-state index in [1.54, 1.807) is 0 Å². The molecule has 0 aliphatic rings. The number of aromatic amines is 1. The van der Waals surface area contributed by atoms with Gasteiger partial charge in [0.15, 0.2) is 5.82 Å². The van der Waals surface area contributed by atoms with Gasteiger partial charge in [0.25, 0.3) is 5.56 Å². The van der Waals surface area contributed by atoms with E-state index in [0.29, 0.717) is 12.4 Å². The summed E-state index contributed by atoms with van der Waals surface area (Å²) in [6.45, 7) is 2.67. The molecule has 0 aromatic carbocycles. The Kier molecular flexibility index (Phi) is 4.11. The first-order chi connectivity index (χ1) is 7.11. The molecule has 0 radical (unpaired) electrons. The van der Waals surface area contributed by atoms with Crippen molar-refractivity contribution in [2.75, 3.05) is 17.6 Å². The fraction of sp³-hybridized carbons (Fsp3) is 0.556. The van der Waals surface area contributed by atoms with Gasteiger partial charge in [-0.3, -0.25) is 4.79 Å². The lowest BCUT2D eigenvalue weighted by Crippen LogP contribution is -2.19. The van der Waals surface area contributed by atoms with Crippen LogP contribution in [0, 0.1) is 0 Å². The van der Waals surface area contributed by atoms with Crippen LogP contribution in [0.5, 0.6) is 0 Å². The molecule has 1 aromatic heterocycles. The SMILES string of the molecule is CC(N)CCCNc1nc[nH]c(=O)c1N. The lowest BCUT2D eigenvalue weighted by molar-refractivity contribution is 0.639. The van der Waals surface area contributed by atoms with E-state index < -0.39 is 0 Å². The van der Waals surface area contributed by atoms with E-state index in [1.165, 1.54) is 6.33 Å². The number of nitrogens with one attached hydrogen (secondary N) is 2. The molecule has 0 fully saturated rings. The fourth-order valence-electron chi connectivity index (χ4n) is 1.18. The number of hydrogen-bond acceptors (Lipinski definition) is 5. The average Bonchev–Trinajstić information content (AvgIpc) is 2.18. The predicted octanol–water partition coefficient (Wildman–Crippen LogP) is -0.109. The number of rotatable bonds is 5. The summed E-state index contributed by atoms with van der Waals surface area (Å²) in [5, 5.41) is 3.00. The normalized spacial score (nSPS) is 12.4. The van der Waals surface area contributed by atoms with Crippen molar-refractivity contribution in [3.05, 3.63) is 16.7 Å². The number of anilines is 2. The summed E-state index contributed by atoms with van der Waals surface area (Å²) in [4.78, 5) is 17.4. The number of aromatic nitrogens is 2. The quantitative estimate of drug-likeness (QED) is 0.508. The van der Waals surface area contributed by atoms with Gasteiger partial charge in [0.2, 0.25) is 0 Å². The summed E-state index contributed by atoms with van der Waals surface area (Å²) in [7, 11) is 0. The van der Waals surface area contributed by atoms with Crippen LogP contribution in [-0.2, 0) is 0 Å². The largest absolute Gasteiger partial charge is 0.391 e. The summed E-state index contributed by atoms with van der Waals surface area (Å²) >= 11 is 0. The van der Waals surface area contributed by atoms with E-state index in [4.69, 9.17) is 11.5 Å². The van der Waals surface area contributed by atoms with E-state index in [1.807, 2.05) is 6.92 Å². The second-order valence-electron chi connectivity index (χ2n) is 3.54. The fourth-order valence-corrected chi connectivity index (χ4v) is 1.18. The second kappa shape index (κ2) is 5.35. The molecule has 1 atom stereocenters. The van der Waals surface area contributed by atoms with Crippen molar-refractivity contribution < 1.29 is 0 Å². The molecule has 1 heterocycles. The molecule has 0 aliphatic carbocycles. The van der Waals surface area contributed by atoms with Gasteiger partial charge in [-0.2, -0.15) is 0 Å². The van der Waals surface area contributed by atoms with E-state index in [0.717, 1.165) is 12.8 Å². The molecule has 1 rings (SSSR count). The minimum Gasteiger partial charge on any atom is -0.391 e. The maximum absolute atomic E-state index is 11.1. The van der Waals surface area contributed by atoms with Gasteiger partial charge in [0, 0.05) is 12.6 Å². The first kappa shape index (κ1) is 11.5. The highest BCUT2D eigenvalue weighted by atomic mass is 16.1. The lowest BCUT2D eigenvalue weighted by atomic mass is 10.2. The number of nitrogen functional groups attached to an aromatic ring is 1. The third-order valence-electron chi connectivity index (χ3n) is 2.02. The van der Waals surface area contributed by atoms with Gasteiger partial charge in [-0.1, -0.05) is 0 Å². The van der Waals surface area contributed by atoms with E-state index in [9.17, 15) is 4.79 Å². The molecule has 6 nitrogen and oxygen atoms in total. The summed E-state index contributed by atoms with van der Waals surface area (Å²) in [6.07, 6.45) is 3.17. The summed E-state index contributed by atoms with van der Waals surface area (Å²) in [5.74, 6) is 0.434. The summed E-state index contributed by atoms with van der Waals surface area (Å²) < 4.78 is 0. The predicted molar refractivity (Wildman–Crippen MR) is 60.6 cm³/mol. The molecule has 6 heteroatoms. The molecule has 6 N–H and O–H groups in total. The standard InChI is InChI=1S/C9H17N5O/c1-6(10)3-2-4-12-8-7(11)9(15)14-5-13-8/h5-6H,2-4,10-11H2,1H3,(H2,12,13,14,15). The van der Waals surface area contributed by atoms with Crippen LogP contribution >= 0.6 is 0 Å². The highest BCUT2D eigenvalue weighted by Gasteiger charge is 2.02. The monoisotopic (exact) mass is 211 g/mol. The van der Waals surface area contributed by atoms with E-state index in [-0.39, 0.29) is 17.3 Å². The second-order valence-corrected chi connectivity index (χ2v) is 3.54. The first-order valence-corrected chi connectivity index (χ1v) is 4.94. The van der Waals surface area contributed by atoms with Gasteiger partial charge in [-0.15, -0.1) is 0 Å². The van der Waals surface area contributed by atoms with Gasteiger partial charge < -0.3 is 21.8 Å². The van der Waals surface area contributed by atoms with Crippen LogP contribution in [-0.4, -0.2) is 22.6 Å². The third kappa shape index (κ3) is 3.59. The van der Waals surface area contributed by atoms with E-state index >= 15 is 0 Å². The molecule has 15 heavy (non-hydrogen) atoms. The van der Waals surface area contributed by atoms with Gasteiger partial charge in [-0.05, 0) is 19.8 Å². The average molecular weight is 211 g/mol. The summed E-state index contributed by atoms with van der Waals surface area (Å²) in [6, 6.07) is 0.191. The van der Waals surface area contributed by atoms with Crippen LogP contribution in [0.25, 0.3) is 0 Å². The van der Waals surface area contributed by atoms with Gasteiger partial charge in [0.05, 0.1) is 6.33 Å². The van der Waals surface area contributed by atoms with Crippen LogP contribution in [0.2, 0.25) is 0 Å². The Bertz CT molecular complexity index is 360. The Morgan fingerprint density at radius 1 is 1.67 bits per heavy atom. The van der Waals surface area contributed by atoms with Gasteiger partial charge >= 0.3 is 0 Å². The van der Waals surface area contributed by atoms with Crippen molar-refractivity contribution >= 4 is 11.5 Å². The number of H-pyrrole nitrogens is 1. The maximum atomic E-state index is 11.1. The zero-order valence-corrected chi connectivity index (χ0v) is 8.79. The third-order valence-corrected chi connectivity index (χ3v) is 2.02. The first-order valence-electron chi connectivity index (χ1n) is 4.94. The van der Waals surface area contributed by atoms with Gasteiger partial charge in [0.1, 0.15) is 5.69 Å². The number of nitrogens with zero attached hydrogens (tertiary/aromatic N) is 1. The van der Waals surface area contributed by atoms with Crippen molar-refractivity contribution in [3.63, 3.8) is 0 Å². The minimum absolute atomic E-state index is 0.123. The van der Waals surface area contributed by atoms with Crippen LogP contribution in [0.3, 0.4) is 0 Å². The van der Waals surface area contributed by atoms with Crippen molar-refractivity contribution in [2.24, 2.45) is 5.73 Å². The topological polar surface area (TPSA) is 110 Å². The zero-order chi connectivity index (χ0) is 11.3. The Hall–Kier alpha value is -1.56. The molecule has 1 aromatic rings. The Morgan fingerprint density at radius 3 is 3.07 bits per heavy atom. The highest BCUT2D eigenvalue weighted by molar-refractivity contribution is 5.58. The Morgan fingerprint density at radius 2 is 2.40 bits per heavy atom. The molecular formula is C9H17N5O. The molecule has 0 spiro atoms. The molecule has 0 saturated carbocycles. The van der Waals surface area contributed by atoms with Crippen molar-refractivity contribution in [2.45, 2.75) is 25.8 Å². The minimum atomic E-state index is -0.320. The van der Waals surface area contributed by atoms with Gasteiger partial charge in [-0.25, -0.2) is 4.98 Å². The Balaban J connectivity index is 2.44. The van der Waals surface area contributed by atoms with Crippen LogP contribution < -0.4 is 22.3 Å². The smallest absolute Gasteiger partial charge is 0.276 e. The van der Waals surface area contributed by atoms with Crippen LogP contribution in [0.15, 0.2) is 11.1 Å². The highest BCUT2D eigenvalue weighted by Crippen LogP contribution is 2.07. The summed E-state index contributed by atoms with van der Waals surface area (Å²) in [5.41, 5.74) is 10.9. The van der Waals surface area contributed by atoms with Crippen LogP contribution in [0.4, 0.5) is 11.5 Å². The van der Waals surface area contributed by atoms with Crippen molar-refractivity contribution in [1.82, 2.24) is 9.97 Å². The molecule has 84 valence electrons. The number of nitrogens with two attached hydrogens (primary N) is 2. The number of hydrogen-bond donors (Lipinski definition) is 4. The molecule has 0 bridgehead atoms. The van der Waals surface area contributed by atoms with Crippen molar-refractivity contribution in [3.8, 4) is 0 Å². The van der Waals surface area contributed by atoms with E-state index in [2.05, 4.69) is 15.3 Å². The lowest BCUT2D eigenvalue weighted by Gasteiger charge is -2.08. The van der Waals surface area contributed by atoms with Crippen molar-refractivity contribution in [1.29, 1.82) is 0 Å². The molecule has 0 amide bonds. The Labute approximate surface area is 88.1 Å².